The van der Waals surface area contributed by atoms with E-state index in [1.54, 1.807) is 0 Å². The van der Waals surface area contributed by atoms with Crippen LogP contribution in [0.15, 0.2) is 18.2 Å². The van der Waals surface area contributed by atoms with Gasteiger partial charge in [-0.25, -0.2) is 4.39 Å². The normalized spacial score (nSPS) is 13.0. The maximum atomic E-state index is 13.1. The van der Waals surface area contributed by atoms with Crippen molar-refractivity contribution in [3.8, 4) is 0 Å². The molecule has 0 aliphatic heterocycles. The minimum Gasteiger partial charge on any atom is -0.327 e. The summed E-state index contributed by atoms with van der Waals surface area (Å²) in [6.45, 7) is 3.96. The highest BCUT2D eigenvalue weighted by molar-refractivity contribution is 5.32. The van der Waals surface area contributed by atoms with Crippen molar-refractivity contribution in [1.29, 1.82) is 0 Å². The molecule has 0 fully saturated rings. The van der Waals surface area contributed by atoms with Gasteiger partial charge in [0.25, 0.3) is 0 Å². The highest BCUT2D eigenvalue weighted by Crippen LogP contribution is 2.20. The number of hydrogen-bond acceptors (Lipinski definition) is 1. The van der Waals surface area contributed by atoms with Crippen molar-refractivity contribution in [3.63, 3.8) is 0 Å². The summed E-state index contributed by atoms with van der Waals surface area (Å²) in [5.74, 6) is 0. The van der Waals surface area contributed by atoms with Crippen molar-refractivity contribution in [2.45, 2.75) is 20.0 Å². The van der Waals surface area contributed by atoms with Crippen LogP contribution in [0.1, 0.15) is 22.9 Å². The molecule has 0 radical (unpaired) electrons. The minimum atomic E-state index is -1.02. The average Bonchev–Trinajstić information content (AvgIpc) is 2.03. The Bertz CT molecular complexity index is 271. The molecule has 1 nitrogen and oxygen atoms in total. The molecule has 1 aromatic rings. The summed E-state index contributed by atoms with van der Waals surface area (Å²) in [6.07, 6.45) is -1.02. The van der Waals surface area contributed by atoms with Crippen molar-refractivity contribution >= 4 is 0 Å². The number of alkyl halides is 1. The number of rotatable bonds is 2. The molecular formula is C10H14FN. The number of hydrogen-bond donors (Lipinski definition) is 1. The first-order valence-electron chi connectivity index (χ1n) is 4.06. The average molecular weight is 167 g/mol. The van der Waals surface area contributed by atoms with Crippen LogP contribution in [0.2, 0.25) is 0 Å². The molecule has 66 valence electrons. The van der Waals surface area contributed by atoms with Gasteiger partial charge in [-0.3, -0.25) is 0 Å². The molecule has 0 heterocycles. The van der Waals surface area contributed by atoms with Crippen LogP contribution in [-0.4, -0.2) is 6.54 Å². The second kappa shape index (κ2) is 3.68. The number of aryl methyl sites for hydroxylation is 2. The van der Waals surface area contributed by atoms with Crippen LogP contribution in [0.25, 0.3) is 0 Å². The Hall–Kier alpha value is -0.890. The third kappa shape index (κ3) is 1.83. The zero-order valence-corrected chi connectivity index (χ0v) is 7.47. The van der Waals surface area contributed by atoms with Gasteiger partial charge in [0.2, 0.25) is 0 Å². The first-order chi connectivity index (χ1) is 5.65. The molecule has 0 spiro atoms. The summed E-state index contributed by atoms with van der Waals surface area (Å²) < 4.78 is 13.1. The van der Waals surface area contributed by atoms with Gasteiger partial charge in [0.15, 0.2) is 0 Å². The number of benzene rings is 1. The van der Waals surface area contributed by atoms with Crippen molar-refractivity contribution in [1.82, 2.24) is 0 Å². The topological polar surface area (TPSA) is 26.0 Å². The molecule has 0 aliphatic rings. The summed E-state index contributed by atoms with van der Waals surface area (Å²) in [7, 11) is 0. The van der Waals surface area contributed by atoms with Gasteiger partial charge in [-0.15, -0.1) is 0 Å². The van der Waals surface area contributed by atoms with Gasteiger partial charge in [0.05, 0.1) is 0 Å². The summed E-state index contributed by atoms with van der Waals surface area (Å²) in [6, 6.07) is 5.68. The lowest BCUT2D eigenvalue weighted by Crippen LogP contribution is -2.08. The van der Waals surface area contributed by atoms with E-state index in [4.69, 9.17) is 5.73 Å². The van der Waals surface area contributed by atoms with Crippen LogP contribution < -0.4 is 5.73 Å². The smallest absolute Gasteiger partial charge is 0.138 e. The van der Waals surface area contributed by atoms with Gasteiger partial charge in [-0.2, -0.15) is 0 Å². The molecule has 1 aromatic carbocycles. The van der Waals surface area contributed by atoms with E-state index in [0.717, 1.165) is 11.1 Å². The predicted octanol–water partition coefficient (Wildman–Crippen LogP) is 2.27. The van der Waals surface area contributed by atoms with Crippen LogP contribution in [0.5, 0.6) is 0 Å². The Kier molecular flexibility index (Phi) is 2.82. The molecule has 1 unspecified atom stereocenters. The molecule has 0 bridgehead atoms. The fourth-order valence-corrected chi connectivity index (χ4v) is 1.30. The van der Waals surface area contributed by atoms with E-state index in [2.05, 4.69) is 0 Å². The van der Waals surface area contributed by atoms with Gasteiger partial charge in [0.1, 0.15) is 6.17 Å². The van der Waals surface area contributed by atoms with Crippen molar-refractivity contribution in [2.75, 3.05) is 6.54 Å². The monoisotopic (exact) mass is 167 g/mol. The van der Waals surface area contributed by atoms with Crippen LogP contribution in [0.3, 0.4) is 0 Å². The Morgan fingerprint density at radius 3 is 2.58 bits per heavy atom. The molecule has 1 atom stereocenters. The molecule has 2 heteroatoms. The number of halogens is 1. The minimum absolute atomic E-state index is 0.0594. The fourth-order valence-electron chi connectivity index (χ4n) is 1.30. The third-order valence-corrected chi connectivity index (χ3v) is 1.97. The lowest BCUT2D eigenvalue weighted by atomic mass is 10.0. The van der Waals surface area contributed by atoms with Crippen molar-refractivity contribution < 1.29 is 4.39 Å². The highest BCUT2D eigenvalue weighted by atomic mass is 19.1. The SMILES string of the molecule is Cc1ccc(C(F)CN)c(C)c1. The summed E-state index contributed by atoms with van der Waals surface area (Å²) in [4.78, 5) is 0. The Morgan fingerprint density at radius 1 is 1.42 bits per heavy atom. The molecular weight excluding hydrogens is 153 g/mol. The van der Waals surface area contributed by atoms with Crippen LogP contribution in [0, 0.1) is 13.8 Å². The van der Waals surface area contributed by atoms with E-state index >= 15 is 0 Å². The summed E-state index contributed by atoms with van der Waals surface area (Å²) in [5, 5.41) is 0. The van der Waals surface area contributed by atoms with E-state index in [9.17, 15) is 4.39 Å². The third-order valence-electron chi connectivity index (χ3n) is 1.97. The molecule has 0 saturated carbocycles. The zero-order valence-electron chi connectivity index (χ0n) is 7.47. The Balaban J connectivity index is 3.01. The largest absolute Gasteiger partial charge is 0.327 e. The summed E-state index contributed by atoms with van der Waals surface area (Å²) >= 11 is 0. The Morgan fingerprint density at radius 2 is 2.08 bits per heavy atom. The van der Waals surface area contributed by atoms with E-state index in [0.29, 0.717) is 5.56 Å². The zero-order chi connectivity index (χ0) is 9.14. The molecule has 0 aliphatic carbocycles. The molecule has 2 N–H and O–H groups in total. The summed E-state index contributed by atoms with van der Waals surface area (Å²) in [5.41, 5.74) is 8.08. The van der Waals surface area contributed by atoms with Crippen molar-refractivity contribution in [3.05, 3.63) is 34.9 Å². The fraction of sp³-hybridized carbons (Fsp3) is 0.400. The van der Waals surface area contributed by atoms with Gasteiger partial charge in [-0.05, 0) is 25.0 Å². The van der Waals surface area contributed by atoms with Crippen molar-refractivity contribution in [2.24, 2.45) is 5.73 Å². The standard InChI is InChI=1S/C10H14FN/c1-7-3-4-9(8(2)5-7)10(11)6-12/h3-5,10H,6,12H2,1-2H3. The van der Waals surface area contributed by atoms with Gasteiger partial charge < -0.3 is 5.73 Å². The highest BCUT2D eigenvalue weighted by Gasteiger charge is 2.09. The van der Waals surface area contributed by atoms with Crippen LogP contribution >= 0.6 is 0 Å². The lowest BCUT2D eigenvalue weighted by Gasteiger charge is -2.09. The van der Waals surface area contributed by atoms with E-state index in [-0.39, 0.29) is 6.54 Å². The van der Waals surface area contributed by atoms with Gasteiger partial charge in [-0.1, -0.05) is 23.8 Å². The Labute approximate surface area is 72.4 Å². The van der Waals surface area contributed by atoms with E-state index in [1.165, 1.54) is 0 Å². The maximum Gasteiger partial charge on any atom is 0.138 e. The number of nitrogens with two attached hydrogens (primary N) is 1. The van der Waals surface area contributed by atoms with Gasteiger partial charge >= 0.3 is 0 Å². The lowest BCUT2D eigenvalue weighted by molar-refractivity contribution is 0.351. The first kappa shape index (κ1) is 9.20. The van der Waals surface area contributed by atoms with Crippen LogP contribution in [-0.2, 0) is 0 Å². The molecule has 0 aromatic heterocycles. The second-order valence-corrected chi connectivity index (χ2v) is 3.06. The second-order valence-electron chi connectivity index (χ2n) is 3.06. The molecule has 12 heavy (non-hydrogen) atoms. The molecule has 0 saturated heterocycles. The van der Waals surface area contributed by atoms with Crippen LogP contribution in [0.4, 0.5) is 4.39 Å². The first-order valence-corrected chi connectivity index (χ1v) is 4.06. The van der Waals surface area contributed by atoms with E-state index < -0.39 is 6.17 Å². The molecule has 1 rings (SSSR count). The quantitative estimate of drug-likeness (QED) is 0.718. The van der Waals surface area contributed by atoms with Gasteiger partial charge in [0, 0.05) is 6.54 Å². The van der Waals surface area contributed by atoms with E-state index in [1.807, 2.05) is 32.0 Å². The predicted molar refractivity (Wildman–Crippen MR) is 48.8 cm³/mol. The maximum absolute atomic E-state index is 13.1. The molecule has 0 amide bonds.